The molecule has 4 nitrogen and oxygen atoms in total. The van der Waals surface area contributed by atoms with Crippen LogP contribution in [0.2, 0.25) is 0 Å². The van der Waals surface area contributed by atoms with Gasteiger partial charge >= 0.3 is 0 Å². The second-order valence-electron chi connectivity index (χ2n) is 7.22. The van der Waals surface area contributed by atoms with Crippen molar-refractivity contribution < 1.29 is 13.2 Å². The molecule has 1 aliphatic carbocycles. The van der Waals surface area contributed by atoms with E-state index in [9.17, 15) is 13.2 Å². The summed E-state index contributed by atoms with van der Waals surface area (Å²) >= 11 is 0. The van der Waals surface area contributed by atoms with E-state index in [-0.39, 0.29) is 17.1 Å². The number of rotatable bonds is 7. The molecule has 3 rings (SSSR count). The first-order valence-electron chi connectivity index (χ1n) is 9.72. The Bertz CT molecular complexity index is 854. The zero-order valence-corrected chi connectivity index (χ0v) is 16.5. The maximum absolute atomic E-state index is 12.8. The molecule has 2 aromatic carbocycles. The van der Waals surface area contributed by atoms with E-state index in [0.29, 0.717) is 10.6 Å². The first-order chi connectivity index (χ1) is 13.0. The molecule has 0 radical (unpaired) electrons. The zero-order valence-electron chi connectivity index (χ0n) is 15.7. The van der Waals surface area contributed by atoms with Gasteiger partial charge in [-0.2, -0.15) is 0 Å². The zero-order chi connectivity index (χ0) is 19.3. The number of hydrogen-bond donors (Lipinski definition) is 1. The first kappa shape index (κ1) is 19.6. The summed E-state index contributed by atoms with van der Waals surface area (Å²) < 4.78 is 25.3. The molecule has 1 amide bonds. The van der Waals surface area contributed by atoms with E-state index in [0.717, 1.165) is 44.1 Å². The van der Waals surface area contributed by atoms with Gasteiger partial charge in [0, 0.05) is 5.69 Å². The number of nitrogens with one attached hydrogen (secondary N) is 1. The van der Waals surface area contributed by atoms with Crippen molar-refractivity contribution in [3.05, 3.63) is 60.2 Å². The van der Waals surface area contributed by atoms with Gasteiger partial charge in [0.2, 0.25) is 5.91 Å². The van der Waals surface area contributed by atoms with E-state index in [1.807, 2.05) is 30.3 Å². The molecular formula is C22H27NO3S. The van der Waals surface area contributed by atoms with Crippen molar-refractivity contribution in [2.24, 2.45) is 0 Å². The summed E-state index contributed by atoms with van der Waals surface area (Å²) in [7, 11) is -3.26. The third kappa shape index (κ3) is 4.59. The summed E-state index contributed by atoms with van der Waals surface area (Å²) in [5.41, 5.74) is 1.62. The van der Waals surface area contributed by atoms with Crippen LogP contribution in [0.5, 0.6) is 0 Å². The predicted molar refractivity (Wildman–Crippen MR) is 109 cm³/mol. The Kier molecular flexibility index (Phi) is 6.32. The van der Waals surface area contributed by atoms with E-state index < -0.39 is 9.84 Å². The molecule has 1 aliphatic rings. The smallest absolute Gasteiger partial charge is 0.231 e. The van der Waals surface area contributed by atoms with Crippen molar-refractivity contribution in [1.29, 1.82) is 0 Å². The monoisotopic (exact) mass is 385 g/mol. The van der Waals surface area contributed by atoms with Crippen LogP contribution in [0.1, 0.15) is 56.9 Å². The normalized spacial score (nSPS) is 16.2. The SMILES string of the molecule is CCCC(C(=O)Nc1ccc(S(=O)(=O)C2CCCC2)cc1)c1ccccc1. The maximum atomic E-state index is 12.8. The molecule has 5 heteroatoms. The fourth-order valence-electron chi connectivity index (χ4n) is 3.77. The van der Waals surface area contributed by atoms with E-state index >= 15 is 0 Å². The van der Waals surface area contributed by atoms with Crippen LogP contribution in [0.25, 0.3) is 0 Å². The minimum absolute atomic E-state index is 0.0607. The van der Waals surface area contributed by atoms with Gasteiger partial charge in [-0.15, -0.1) is 0 Å². The highest BCUT2D eigenvalue weighted by Crippen LogP contribution is 2.30. The summed E-state index contributed by atoms with van der Waals surface area (Å²) in [6, 6.07) is 16.4. The molecule has 27 heavy (non-hydrogen) atoms. The van der Waals surface area contributed by atoms with Crippen molar-refractivity contribution in [2.75, 3.05) is 5.32 Å². The molecule has 1 atom stereocenters. The fraction of sp³-hybridized carbons (Fsp3) is 0.409. The van der Waals surface area contributed by atoms with Gasteiger partial charge in [0.25, 0.3) is 0 Å². The number of benzene rings is 2. The van der Waals surface area contributed by atoms with Gasteiger partial charge in [-0.05, 0) is 49.1 Å². The highest BCUT2D eigenvalue weighted by Gasteiger charge is 2.30. The largest absolute Gasteiger partial charge is 0.326 e. The highest BCUT2D eigenvalue weighted by molar-refractivity contribution is 7.92. The van der Waals surface area contributed by atoms with Crippen LogP contribution >= 0.6 is 0 Å². The maximum Gasteiger partial charge on any atom is 0.231 e. The summed E-state index contributed by atoms with van der Waals surface area (Å²) in [6.45, 7) is 2.06. The Balaban J connectivity index is 1.72. The topological polar surface area (TPSA) is 63.2 Å². The van der Waals surface area contributed by atoms with Crippen LogP contribution in [0.3, 0.4) is 0 Å². The average Bonchev–Trinajstić information content (AvgIpc) is 3.23. The van der Waals surface area contributed by atoms with Crippen LogP contribution < -0.4 is 5.32 Å². The van der Waals surface area contributed by atoms with Crippen LogP contribution in [0.4, 0.5) is 5.69 Å². The van der Waals surface area contributed by atoms with Crippen LogP contribution in [0.15, 0.2) is 59.5 Å². The van der Waals surface area contributed by atoms with Crippen LogP contribution in [0, 0.1) is 0 Å². The van der Waals surface area contributed by atoms with Crippen molar-refractivity contribution in [3.8, 4) is 0 Å². The Morgan fingerprint density at radius 2 is 1.67 bits per heavy atom. The lowest BCUT2D eigenvalue weighted by Crippen LogP contribution is -2.21. The van der Waals surface area contributed by atoms with Gasteiger partial charge in [0.05, 0.1) is 16.1 Å². The Morgan fingerprint density at radius 1 is 1.04 bits per heavy atom. The standard InChI is InChI=1S/C22H27NO3S/c1-2-8-21(17-9-4-3-5-10-17)22(24)23-18-13-15-20(16-14-18)27(25,26)19-11-6-7-12-19/h3-5,9-10,13-16,19,21H,2,6-8,11-12H2,1H3,(H,23,24). The lowest BCUT2D eigenvalue weighted by Gasteiger charge is -2.17. The summed E-state index contributed by atoms with van der Waals surface area (Å²) in [5, 5.41) is 2.68. The number of carbonyl (C=O) groups is 1. The van der Waals surface area contributed by atoms with Crippen molar-refractivity contribution in [1.82, 2.24) is 0 Å². The third-order valence-corrected chi connectivity index (χ3v) is 7.57. The molecule has 0 bridgehead atoms. The third-order valence-electron chi connectivity index (χ3n) is 5.29. The number of hydrogen-bond acceptors (Lipinski definition) is 3. The predicted octanol–water partition coefficient (Wildman–Crippen LogP) is 4.93. The Hall–Kier alpha value is -2.14. The molecular weight excluding hydrogens is 358 g/mol. The van der Waals surface area contributed by atoms with Gasteiger partial charge in [-0.25, -0.2) is 8.42 Å². The molecule has 2 aromatic rings. The molecule has 0 saturated heterocycles. The van der Waals surface area contributed by atoms with Gasteiger partial charge < -0.3 is 5.32 Å². The minimum atomic E-state index is -3.26. The quantitative estimate of drug-likeness (QED) is 0.735. The first-order valence-corrected chi connectivity index (χ1v) is 11.3. The van der Waals surface area contributed by atoms with Gasteiger partial charge in [-0.1, -0.05) is 56.5 Å². The number of anilines is 1. The van der Waals surface area contributed by atoms with E-state index in [4.69, 9.17) is 0 Å². The van der Waals surface area contributed by atoms with Crippen molar-refractivity contribution >= 4 is 21.4 Å². The molecule has 1 saturated carbocycles. The second kappa shape index (κ2) is 8.70. The highest BCUT2D eigenvalue weighted by atomic mass is 32.2. The summed E-state index contributed by atoms with van der Waals surface area (Å²) in [4.78, 5) is 13.1. The molecule has 1 fully saturated rings. The van der Waals surface area contributed by atoms with Crippen molar-refractivity contribution in [2.45, 2.75) is 61.5 Å². The molecule has 144 valence electrons. The Morgan fingerprint density at radius 3 is 2.26 bits per heavy atom. The lowest BCUT2D eigenvalue weighted by atomic mass is 9.93. The second-order valence-corrected chi connectivity index (χ2v) is 9.45. The van der Waals surface area contributed by atoms with Gasteiger partial charge in [0.15, 0.2) is 9.84 Å². The van der Waals surface area contributed by atoms with E-state index in [1.165, 1.54) is 0 Å². The molecule has 0 aromatic heterocycles. The average molecular weight is 386 g/mol. The lowest BCUT2D eigenvalue weighted by molar-refractivity contribution is -0.117. The summed E-state index contributed by atoms with van der Waals surface area (Å²) in [6.07, 6.45) is 5.13. The number of amides is 1. The molecule has 0 aliphatic heterocycles. The van der Waals surface area contributed by atoms with Gasteiger partial charge in [0.1, 0.15) is 0 Å². The number of sulfone groups is 1. The molecule has 0 heterocycles. The molecule has 0 spiro atoms. The van der Waals surface area contributed by atoms with Crippen LogP contribution in [-0.2, 0) is 14.6 Å². The van der Waals surface area contributed by atoms with Crippen molar-refractivity contribution in [3.63, 3.8) is 0 Å². The fourth-order valence-corrected chi connectivity index (χ4v) is 5.63. The van der Waals surface area contributed by atoms with Gasteiger partial charge in [-0.3, -0.25) is 4.79 Å². The summed E-state index contributed by atoms with van der Waals surface area (Å²) in [5.74, 6) is -0.271. The molecule has 1 N–H and O–H groups in total. The Labute approximate surface area is 161 Å². The van der Waals surface area contributed by atoms with E-state index in [1.54, 1.807) is 24.3 Å². The minimum Gasteiger partial charge on any atom is -0.326 e. The van der Waals surface area contributed by atoms with Crippen LogP contribution in [-0.4, -0.2) is 19.6 Å². The molecule has 1 unspecified atom stereocenters. The van der Waals surface area contributed by atoms with E-state index in [2.05, 4.69) is 12.2 Å². The number of carbonyl (C=O) groups excluding carboxylic acids is 1.